The standard InChI is InChI=1S/C7H4F3N3O2/c8-7(9,10)15-4-1-3(2-11)6(14)13-5(4)12/h1H,(H3,12,13,14). The molecular weight excluding hydrogens is 215 g/mol. The van der Waals surface area contributed by atoms with E-state index in [9.17, 15) is 18.0 Å². The largest absolute Gasteiger partial charge is 0.573 e. The third kappa shape index (κ3) is 2.63. The predicted octanol–water partition coefficient (Wildman–Crippen LogP) is 0.727. The topological polar surface area (TPSA) is 91.9 Å². The number of nitrogens with two attached hydrogens (primary N) is 1. The van der Waals surface area contributed by atoms with Gasteiger partial charge in [0, 0.05) is 6.07 Å². The van der Waals surface area contributed by atoms with Gasteiger partial charge in [-0.15, -0.1) is 13.2 Å². The van der Waals surface area contributed by atoms with Crippen molar-refractivity contribution in [1.82, 2.24) is 4.98 Å². The van der Waals surface area contributed by atoms with E-state index in [4.69, 9.17) is 11.0 Å². The van der Waals surface area contributed by atoms with E-state index in [1.54, 1.807) is 0 Å². The molecule has 0 fully saturated rings. The summed E-state index contributed by atoms with van der Waals surface area (Å²) in [7, 11) is 0. The first-order chi connectivity index (χ1) is 6.83. The minimum Gasteiger partial charge on any atom is -0.402 e. The fraction of sp³-hybridized carbons (Fsp3) is 0.143. The molecule has 0 unspecified atom stereocenters. The van der Waals surface area contributed by atoms with Crippen molar-refractivity contribution in [2.24, 2.45) is 0 Å². The second-order valence-corrected chi connectivity index (χ2v) is 2.45. The van der Waals surface area contributed by atoms with Gasteiger partial charge >= 0.3 is 6.36 Å². The number of anilines is 1. The summed E-state index contributed by atoms with van der Waals surface area (Å²) in [6, 6.07) is 2.03. The lowest BCUT2D eigenvalue weighted by molar-refractivity contribution is -0.274. The van der Waals surface area contributed by atoms with Crippen LogP contribution in [0, 0.1) is 11.3 Å². The van der Waals surface area contributed by atoms with Crippen molar-refractivity contribution in [3.63, 3.8) is 0 Å². The molecule has 0 aliphatic rings. The van der Waals surface area contributed by atoms with Crippen LogP contribution in [0.3, 0.4) is 0 Å². The summed E-state index contributed by atoms with van der Waals surface area (Å²) in [6.45, 7) is 0. The lowest BCUT2D eigenvalue weighted by Gasteiger charge is -2.10. The zero-order valence-corrected chi connectivity index (χ0v) is 7.05. The fourth-order valence-corrected chi connectivity index (χ4v) is 0.818. The number of nitrogens with zero attached hydrogens (tertiary/aromatic N) is 1. The van der Waals surface area contributed by atoms with Crippen molar-refractivity contribution in [2.75, 3.05) is 5.73 Å². The van der Waals surface area contributed by atoms with Crippen molar-refractivity contribution in [3.05, 3.63) is 22.0 Å². The molecule has 80 valence electrons. The summed E-state index contributed by atoms with van der Waals surface area (Å²) < 4.78 is 38.9. The number of halogens is 3. The van der Waals surface area contributed by atoms with Gasteiger partial charge in [0.1, 0.15) is 17.5 Å². The van der Waals surface area contributed by atoms with E-state index in [1.165, 1.54) is 6.07 Å². The van der Waals surface area contributed by atoms with Gasteiger partial charge in [-0.05, 0) is 0 Å². The second-order valence-electron chi connectivity index (χ2n) is 2.45. The number of pyridine rings is 1. The van der Waals surface area contributed by atoms with E-state index in [-0.39, 0.29) is 0 Å². The van der Waals surface area contributed by atoms with E-state index in [2.05, 4.69) is 4.74 Å². The highest BCUT2D eigenvalue weighted by atomic mass is 19.4. The van der Waals surface area contributed by atoms with Gasteiger partial charge in [0.15, 0.2) is 5.75 Å². The molecule has 0 aliphatic heterocycles. The maximum absolute atomic E-state index is 11.8. The molecule has 1 rings (SSSR count). The van der Waals surface area contributed by atoms with Crippen LogP contribution in [0.2, 0.25) is 0 Å². The van der Waals surface area contributed by atoms with E-state index in [1.807, 2.05) is 4.98 Å². The normalized spacial score (nSPS) is 10.8. The van der Waals surface area contributed by atoms with Crippen molar-refractivity contribution in [2.45, 2.75) is 6.36 Å². The second kappa shape index (κ2) is 3.53. The first-order valence-electron chi connectivity index (χ1n) is 3.52. The summed E-state index contributed by atoms with van der Waals surface area (Å²) in [5.41, 5.74) is 3.68. The number of rotatable bonds is 1. The molecule has 0 radical (unpaired) electrons. The highest BCUT2D eigenvalue weighted by molar-refractivity contribution is 5.49. The summed E-state index contributed by atoms with van der Waals surface area (Å²) in [6.07, 6.45) is -4.93. The molecule has 0 saturated heterocycles. The van der Waals surface area contributed by atoms with Gasteiger partial charge in [-0.2, -0.15) is 5.26 Å². The number of H-pyrrole nitrogens is 1. The average Bonchev–Trinajstić information content (AvgIpc) is 2.07. The third-order valence-corrected chi connectivity index (χ3v) is 1.38. The summed E-state index contributed by atoms with van der Waals surface area (Å²) in [5.74, 6) is -1.39. The van der Waals surface area contributed by atoms with Gasteiger partial charge in [0.05, 0.1) is 0 Å². The minimum atomic E-state index is -4.93. The van der Waals surface area contributed by atoms with E-state index < -0.39 is 29.1 Å². The van der Waals surface area contributed by atoms with Crippen LogP contribution in [0.25, 0.3) is 0 Å². The number of hydrogen-bond acceptors (Lipinski definition) is 4. The fourth-order valence-electron chi connectivity index (χ4n) is 0.818. The molecule has 0 amide bonds. The van der Waals surface area contributed by atoms with Crippen LogP contribution in [-0.2, 0) is 0 Å². The Morgan fingerprint density at radius 2 is 2.13 bits per heavy atom. The Balaban J connectivity index is 3.21. The van der Waals surface area contributed by atoms with Crippen LogP contribution in [-0.4, -0.2) is 11.3 Å². The minimum absolute atomic E-state index is 0.511. The number of aromatic nitrogens is 1. The van der Waals surface area contributed by atoms with Crippen LogP contribution in [0.5, 0.6) is 5.75 Å². The average molecular weight is 219 g/mol. The lowest BCUT2D eigenvalue weighted by atomic mass is 10.3. The Kier molecular flexibility index (Phi) is 2.57. The van der Waals surface area contributed by atoms with Crippen LogP contribution in [0.15, 0.2) is 10.9 Å². The maximum Gasteiger partial charge on any atom is 0.573 e. The molecule has 0 spiro atoms. The summed E-state index contributed by atoms with van der Waals surface area (Å²) in [4.78, 5) is 12.7. The van der Waals surface area contributed by atoms with E-state index >= 15 is 0 Å². The molecule has 1 aromatic rings. The lowest BCUT2D eigenvalue weighted by Crippen LogP contribution is -2.21. The van der Waals surface area contributed by atoms with E-state index in [0.29, 0.717) is 6.07 Å². The number of nitriles is 1. The Hall–Kier alpha value is -2.17. The van der Waals surface area contributed by atoms with Crippen molar-refractivity contribution in [1.29, 1.82) is 5.26 Å². The predicted molar refractivity (Wildman–Crippen MR) is 42.9 cm³/mol. The molecule has 5 nitrogen and oxygen atoms in total. The maximum atomic E-state index is 11.8. The molecule has 8 heteroatoms. The Morgan fingerprint density at radius 1 is 1.53 bits per heavy atom. The Morgan fingerprint density at radius 3 is 2.60 bits per heavy atom. The summed E-state index contributed by atoms with van der Waals surface area (Å²) in [5, 5.41) is 8.38. The molecule has 3 N–H and O–H groups in total. The number of ether oxygens (including phenoxy) is 1. The Labute approximate surface area is 80.9 Å². The van der Waals surface area contributed by atoms with Crippen LogP contribution < -0.4 is 16.0 Å². The molecule has 1 aromatic heterocycles. The molecular formula is C7H4F3N3O2. The monoisotopic (exact) mass is 219 g/mol. The number of nitrogens with one attached hydrogen (secondary N) is 1. The molecule has 0 aliphatic carbocycles. The van der Waals surface area contributed by atoms with Gasteiger partial charge in [0.25, 0.3) is 5.56 Å². The van der Waals surface area contributed by atoms with Crippen LogP contribution >= 0.6 is 0 Å². The molecule has 0 aromatic carbocycles. The number of nitrogen functional groups attached to an aromatic ring is 1. The summed E-state index contributed by atoms with van der Waals surface area (Å²) >= 11 is 0. The molecule has 0 saturated carbocycles. The number of aromatic amines is 1. The van der Waals surface area contributed by atoms with Gasteiger partial charge in [0.2, 0.25) is 0 Å². The van der Waals surface area contributed by atoms with E-state index in [0.717, 1.165) is 0 Å². The number of hydrogen-bond donors (Lipinski definition) is 2. The van der Waals surface area contributed by atoms with Crippen LogP contribution in [0.4, 0.5) is 19.0 Å². The highest BCUT2D eigenvalue weighted by Gasteiger charge is 2.32. The molecule has 1 heterocycles. The van der Waals surface area contributed by atoms with Gasteiger partial charge in [-0.1, -0.05) is 0 Å². The first kappa shape index (κ1) is 10.9. The molecule has 15 heavy (non-hydrogen) atoms. The SMILES string of the molecule is N#Cc1cc(OC(F)(F)F)c(N)[nH]c1=O. The smallest absolute Gasteiger partial charge is 0.402 e. The van der Waals surface area contributed by atoms with Gasteiger partial charge in [-0.25, -0.2) is 0 Å². The van der Waals surface area contributed by atoms with Gasteiger partial charge < -0.3 is 15.5 Å². The Bertz CT molecular complexity index is 472. The zero-order valence-electron chi connectivity index (χ0n) is 7.05. The zero-order chi connectivity index (χ0) is 11.6. The first-order valence-corrected chi connectivity index (χ1v) is 3.52. The number of alkyl halides is 3. The molecule has 0 bridgehead atoms. The van der Waals surface area contributed by atoms with Crippen molar-refractivity contribution < 1.29 is 17.9 Å². The highest BCUT2D eigenvalue weighted by Crippen LogP contribution is 2.26. The third-order valence-electron chi connectivity index (χ3n) is 1.38. The van der Waals surface area contributed by atoms with Crippen LogP contribution in [0.1, 0.15) is 5.56 Å². The molecule has 0 atom stereocenters. The van der Waals surface area contributed by atoms with Gasteiger partial charge in [-0.3, -0.25) is 4.79 Å². The van der Waals surface area contributed by atoms with Crippen molar-refractivity contribution in [3.8, 4) is 11.8 Å². The quantitative estimate of drug-likeness (QED) is 0.728. The van der Waals surface area contributed by atoms with Crippen molar-refractivity contribution >= 4 is 5.82 Å².